The second-order valence-corrected chi connectivity index (χ2v) is 9.93. The average molecular weight is 511 g/mol. The highest BCUT2D eigenvalue weighted by atomic mass is 35.5. The molecule has 0 atom stereocenters. The lowest BCUT2D eigenvalue weighted by Crippen LogP contribution is -2.21. The van der Waals surface area contributed by atoms with Crippen LogP contribution in [0.5, 0.6) is 0 Å². The number of alkyl halides is 3. The molecular weight excluding hydrogens is 485 g/mol. The third-order valence-electron chi connectivity index (χ3n) is 6.24. The van der Waals surface area contributed by atoms with Crippen molar-refractivity contribution in [2.24, 2.45) is 5.92 Å². The van der Waals surface area contributed by atoms with Gasteiger partial charge in [-0.3, -0.25) is 9.89 Å². The van der Waals surface area contributed by atoms with Gasteiger partial charge in [-0.1, -0.05) is 74.5 Å². The zero-order valence-electron chi connectivity index (χ0n) is 18.8. The minimum atomic E-state index is -4.45. The Morgan fingerprint density at radius 2 is 1.94 bits per heavy atom. The molecule has 1 saturated carbocycles. The van der Waals surface area contributed by atoms with E-state index in [0.717, 1.165) is 29.8 Å². The van der Waals surface area contributed by atoms with Crippen molar-refractivity contribution in [2.45, 2.75) is 69.0 Å². The maximum absolute atomic E-state index is 13.1. The third kappa shape index (κ3) is 5.68. The number of aromatic amines is 2. The summed E-state index contributed by atoms with van der Waals surface area (Å²) in [6, 6.07) is 4.93. The van der Waals surface area contributed by atoms with Gasteiger partial charge in [-0.2, -0.15) is 18.3 Å². The van der Waals surface area contributed by atoms with Crippen LogP contribution in [0.25, 0.3) is 11.3 Å². The molecule has 0 amide bonds. The van der Waals surface area contributed by atoms with Gasteiger partial charge in [0.2, 0.25) is 0 Å². The SMILES string of the molecule is CCc1c(CC2CCCCC2)nc(SCc2n[nH]c(-c3cccc(C(F)(F)F)c3)c2Cl)[nH]c1=O. The number of hydrogen-bond donors (Lipinski definition) is 2. The van der Waals surface area contributed by atoms with Gasteiger partial charge in [-0.15, -0.1) is 0 Å². The summed E-state index contributed by atoms with van der Waals surface area (Å²) in [7, 11) is 0. The standard InChI is InChI=1S/C24H26ClF3N4OS/c1-2-17-18(11-14-7-4-3-5-8-14)29-23(30-22(17)33)34-13-19-20(25)21(32-31-19)15-9-6-10-16(12-15)24(26,27)28/h6,9-10,12,14H,2-5,7-8,11,13H2,1H3,(H,31,32)(H,29,30,33). The second kappa shape index (κ2) is 10.6. The Labute approximate surface area is 204 Å². The lowest BCUT2D eigenvalue weighted by molar-refractivity contribution is -0.137. The first-order chi connectivity index (χ1) is 16.3. The van der Waals surface area contributed by atoms with E-state index in [1.54, 1.807) is 6.07 Å². The summed E-state index contributed by atoms with van der Waals surface area (Å²) < 4.78 is 39.2. The lowest BCUT2D eigenvalue weighted by atomic mass is 9.85. The van der Waals surface area contributed by atoms with E-state index < -0.39 is 11.7 Å². The maximum Gasteiger partial charge on any atom is 0.416 e. The van der Waals surface area contributed by atoms with Gasteiger partial charge < -0.3 is 4.98 Å². The van der Waals surface area contributed by atoms with Crippen molar-refractivity contribution < 1.29 is 13.2 Å². The summed E-state index contributed by atoms with van der Waals surface area (Å²) in [4.78, 5) is 20.3. The summed E-state index contributed by atoms with van der Waals surface area (Å²) in [5.41, 5.74) is 1.83. The monoisotopic (exact) mass is 510 g/mol. The number of benzene rings is 1. The predicted molar refractivity (Wildman–Crippen MR) is 128 cm³/mol. The molecule has 4 rings (SSSR count). The van der Waals surface area contributed by atoms with Crippen molar-refractivity contribution in [3.63, 3.8) is 0 Å². The molecule has 0 aliphatic heterocycles. The largest absolute Gasteiger partial charge is 0.416 e. The van der Waals surface area contributed by atoms with E-state index in [9.17, 15) is 18.0 Å². The fourth-order valence-electron chi connectivity index (χ4n) is 4.43. The zero-order chi connectivity index (χ0) is 24.3. The molecule has 1 aliphatic rings. The molecule has 0 spiro atoms. The Hall–Kier alpha value is -2.26. The second-order valence-electron chi connectivity index (χ2n) is 8.58. The normalized spacial score (nSPS) is 15.1. The average Bonchev–Trinajstić information content (AvgIpc) is 3.18. The number of hydrogen-bond acceptors (Lipinski definition) is 4. The highest BCUT2D eigenvalue weighted by Gasteiger charge is 2.31. The molecule has 2 N–H and O–H groups in total. The van der Waals surface area contributed by atoms with Crippen LogP contribution in [0.3, 0.4) is 0 Å². The number of halogens is 4. The van der Waals surface area contributed by atoms with Gasteiger partial charge in [0.1, 0.15) is 0 Å². The highest BCUT2D eigenvalue weighted by Crippen LogP contribution is 2.35. The van der Waals surface area contributed by atoms with E-state index in [4.69, 9.17) is 16.6 Å². The summed E-state index contributed by atoms with van der Waals surface area (Å²) in [6.07, 6.45) is 3.05. The van der Waals surface area contributed by atoms with Crippen LogP contribution < -0.4 is 5.56 Å². The van der Waals surface area contributed by atoms with Crippen molar-refractivity contribution in [1.82, 2.24) is 20.2 Å². The molecule has 2 heterocycles. The summed E-state index contributed by atoms with van der Waals surface area (Å²) in [5, 5.41) is 7.68. The van der Waals surface area contributed by atoms with Gasteiger partial charge in [0, 0.05) is 16.9 Å². The molecule has 2 aromatic heterocycles. The van der Waals surface area contributed by atoms with Crippen molar-refractivity contribution in [3.05, 3.63) is 62.2 Å². The topological polar surface area (TPSA) is 74.4 Å². The lowest BCUT2D eigenvalue weighted by Gasteiger charge is -2.22. The van der Waals surface area contributed by atoms with Crippen molar-refractivity contribution >= 4 is 23.4 Å². The zero-order valence-corrected chi connectivity index (χ0v) is 20.3. The molecule has 0 unspecified atom stereocenters. The number of nitrogens with one attached hydrogen (secondary N) is 2. The minimum Gasteiger partial charge on any atom is -0.301 e. The quantitative estimate of drug-likeness (QED) is 0.270. The molecular formula is C24H26ClF3N4OS. The molecule has 0 bridgehead atoms. The van der Waals surface area contributed by atoms with E-state index in [0.29, 0.717) is 40.2 Å². The third-order valence-corrected chi connectivity index (χ3v) is 7.53. The number of aromatic nitrogens is 4. The predicted octanol–water partition coefficient (Wildman–Crippen LogP) is 6.81. The van der Waals surface area contributed by atoms with Gasteiger partial charge in [0.05, 0.1) is 27.7 Å². The first kappa shape index (κ1) is 24.9. The van der Waals surface area contributed by atoms with Crippen LogP contribution in [0.4, 0.5) is 13.2 Å². The number of nitrogens with zero attached hydrogens (tertiary/aromatic N) is 2. The van der Waals surface area contributed by atoms with Crippen LogP contribution in [0.15, 0.2) is 34.2 Å². The Balaban J connectivity index is 1.52. The van der Waals surface area contributed by atoms with Crippen molar-refractivity contribution in [1.29, 1.82) is 0 Å². The fraction of sp³-hybridized carbons (Fsp3) is 0.458. The van der Waals surface area contributed by atoms with Crippen LogP contribution in [0, 0.1) is 5.92 Å². The molecule has 182 valence electrons. The van der Waals surface area contributed by atoms with Crippen molar-refractivity contribution in [2.75, 3.05) is 0 Å². The Morgan fingerprint density at radius 1 is 1.18 bits per heavy atom. The maximum atomic E-state index is 13.1. The molecule has 3 aromatic rings. The first-order valence-electron chi connectivity index (χ1n) is 11.4. The minimum absolute atomic E-state index is 0.122. The number of rotatable bonds is 7. The fourth-order valence-corrected chi connectivity index (χ4v) is 5.59. The van der Waals surface area contributed by atoms with Gasteiger partial charge in [-0.05, 0) is 30.9 Å². The molecule has 1 aromatic carbocycles. The summed E-state index contributed by atoms with van der Waals surface area (Å²) in [5.74, 6) is 0.868. The number of H-pyrrole nitrogens is 2. The number of thioether (sulfide) groups is 1. The summed E-state index contributed by atoms with van der Waals surface area (Å²) >= 11 is 7.75. The van der Waals surface area contributed by atoms with Crippen molar-refractivity contribution in [3.8, 4) is 11.3 Å². The Kier molecular flexibility index (Phi) is 7.72. The van der Waals surface area contributed by atoms with E-state index in [1.165, 1.54) is 49.9 Å². The van der Waals surface area contributed by atoms with Gasteiger partial charge in [0.15, 0.2) is 5.16 Å². The van der Waals surface area contributed by atoms with Crippen LogP contribution >= 0.6 is 23.4 Å². The molecule has 34 heavy (non-hydrogen) atoms. The Morgan fingerprint density at radius 3 is 2.65 bits per heavy atom. The molecule has 0 saturated heterocycles. The molecule has 0 radical (unpaired) electrons. The van der Waals surface area contributed by atoms with Crippen LogP contribution in [0.1, 0.15) is 61.5 Å². The highest BCUT2D eigenvalue weighted by molar-refractivity contribution is 7.98. The van der Waals surface area contributed by atoms with E-state index in [2.05, 4.69) is 15.2 Å². The van der Waals surface area contributed by atoms with Crippen LogP contribution in [-0.2, 0) is 24.8 Å². The smallest absolute Gasteiger partial charge is 0.301 e. The van der Waals surface area contributed by atoms with Gasteiger partial charge in [0.25, 0.3) is 5.56 Å². The van der Waals surface area contributed by atoms with E-state index in [1.807, 2.05) is 6.92 Å². The van der Waals surface area contributed by atoms with Gasteiger partial charge in [-0.25, -0.2) is 4.98 Å². The molecule has 5 nitrogen and oxygen atoms in total. The van der Waals surface area contributed by atoms with Crippen LogP contribution in [-0.4, -0.2) is 20.2 Å². The van der Waals surface area contributed by atoms with Gasteiger partial charge >= 0.3 is 6.18 Å². The molecule has 10 heteroatoms. The van der Waals surface area contributed by atoms with E-state index >= 15 is 0 Å². The summed E-state index contributed by atoms with van der Waals surface area (Å²) in [6.45, 7) is 1.96. The Bertz CT molecular complexity index is 1200. The first-order valence-corrected chi connectivity index (χ1v) is 12.8. The van der Waals surface area contributed by atoms with Crippen LogP contribution in [0.2, 0.25) is 5.02 Å². The molecule has 1 fully saturated rings. The molecule has 1 aliphatic carbocycles. The van der Waals surface area contributed by atoms with E-state index in [-0.39, 0.29) is 10.6 Å².